The lowest BCUT2D eigenvalue weighted by atomic mass is 10.0. The van der Waals surface area contributed by atoms with Crippen LogP contribution in [0, 0.1) is 5.92 Å². The summed E-state index contributed by atoms with van der Waals surface area (Å²) in [7, 11) is 0. The average molecular weight is 213 g/mol. The standard InChI is InChI=1S/C13H27NO/c1-5-7-12(4)14-13(10-15-13)9-6-8-11(2)3/h11-12,14H,5-10H2,1-4H3. The topological polar surface area (TPSA) is 24.6 Å². The summed E-state index contributed by atoms with van der Waals surface area (Å²) in [6, 6.07) is 0.594. The first-order valence-electron chi connectivity index (χ1n) is 6.49. The second kappa shape index (κ2) is 5.86. The van der Waals surface area contributed by atoms with E-state index in [1.807, 2.05) is 0 Å². The zero-order chi connectivity index (χ0) is 11.3. The van der Waals surface area contributed by atoms with E-state index in [1.54, 1.807) is 0 Å². The van der Waals surface area contributed by atoms with Gasteiger partial charge < -0.3 is 4.74 Å². The molecule has 2 nitrogen and oxygen atoms in total. The molecule has 2 unspecified atom stereocenters. The third-order valence-corrected chi connectivity index (χ3v) is 3.09. The van der Waals surface area contributed by atoms with Crippen LogP contribution < -0.4 is 5.32 Å². The first kappa shape index (κ1) is 13.0. The van der Waals surface area contributed by atoms with Gasteiger partial charge in [-0.25, -0.2) is 0 Å². The molecule has 2 atom stereocenters. The van der Waals surface area contributed by atoms with Crippen LogP contribution in [0.3, 0.4) is 0 Å². The average Bonchev–Trinajstić information content (AvgIpc) is 2.84. The van der Waals surface area contributed by atoms with Gasteiger partial charge in [0.25, 0.3) is 0 Å². The fourth-order valence-corrected chi connectivity index (χ4v) is 2.14. The van der Waals surface area contributed by atoms with E-state index in [4.69, 9.17) is 4.74 Å². The van der Waals surface area contributed by atoms with Gasteiger partial charge in [0.1, 0.15) is 5.72 Å². The molecule has 1 aliphatic rings. The monoisotopic (exact) mass is 213 g/mol. The molecule has 1 saturated heterocycles. The van der Waals surface area contributed by atoms with Crippen molar-refractivity contribution in [2.75, 3.05) is 6.61 Å². The van der Waals surface area contributed by atoms with Crippen molar-refractivity contribution in [2.45, 2.75) is 71.6 Å². The number of rotatable bonds is 8. The van der Waals surface area contributed by atoms with Crippen LogP contribution in [0.4, 0.5) is 0 Å². The number of epoxide rings is 1. The van der Waals surface area contributed by atoms with Crippen LogP contribution >= 0.6 is 0 Å². The van der Waals surface area contributed by atoms with Gasteiger partial charge in [-0.05, 0) is 32.1 Å². The van der Waals surface area contributed by atoms with E-state index in [-0.39, 0.29) is 5.72 Å². The van der Waals surface area contributed by atoms with E-state index in [0.29, 0.717) is 6.04 Å². The number of nitrogens with one attached hydrogen (secondary N) is 1. The summed E-state index contributed by atoms with van der Waals surface area (Å²) in [5.41, 5.74) is 0.0590. The molecule has 1 N–H and O–H groups in total. The number of hydrogen-bond donors (Lipinski definition) is 1. The highest BCUT2D eigenvalue weighted by atomic mass is 16.6. The highest BCUT2D eigenvalue weighted by molar-refractivity contribution is 4.91. The van der Waals surface area contributed by atoms with Crippen molar-refractivity contribution in [2.24, 2.45) is 5.92 Å². The van der Waals surface area contributed by atoms with Gasteiger partial charge in [-0.3, -0.25) is 5.32 Å². The van der Waals surface area contributed by atoms with Crippen molar-refractivity contribution in [1.82, 2.24) is 5.32 Å². The molecule has 1 aliphatic heterocycles. The normalized spacial score (nSPS) is 27.0. The maximum absolute atomic E-state index is 5.58. The van der Waals surface area contributed by atoms with Gasteiger partial charge in [-0.1, -0.05) is 33.6 Å². The molecule has 0 spiro atoms. The van der Waals surface area contributed by atoms with E-state index >= 15 is 0 Å². The van der Waals surface area contributed by atoms with E-state index in [1.165, 1.54) is 32.1 Å². The molecule has 0 saturated carbocycles. The summed E-state index contributed by atoms with van der Waals surface area (Å²) in [4.78, 5) is 0. The summed E-state index contributed by atoms with van der Waals surface area (Å²) < 4.78 is 5.58. The van der Waals surface area contributed by atoms with Crippen LogP contribution in [0.15, 0.2) is 0 Å². The quantitative estimate of drug-likeness (QED) is 0.626. The molecule has 0 amide bonds. The first-order valence-corrected chi connectivity index (χ1v) is 6.49. The minimum Gasteiger partial charge on any atom is -0.354 e. The number of ether oxygens (including phenoxy) is 1. The first-order chi connectivity index (χ1) is 7.08. The van der Waals surface area contributed by atoms with Gasteiger partial charge >= 0.3 is 0 Å². The molecule has 0 aromatic rings. The molecule has 1 heterocycles. The predicted octanol–water partition coefficient (Wildman–Crippen LogP) is 3.32. The van der Waals surface area contributed by atoms with Crippen molar-refractivity contribution in [3.63, 3.8) is 0 Å². The Kier molecular flexibility index (Phi) is 5.07. The maximum Gasteiger partial charge on any atom is 0.143 e. The Morgan fingerprint density at radius 3 is 2.40 bits per heavy atom. The lowest BCUT2D eigenvalue weighted by Gasteiger charge is -2.20. The van der Waals surface area contributed by atoms with Crippen LogP contribution in [0.1, 0.15) is 59.8 Å². The highest BCUT2D eigenvalue weighted by Gasteiger charge is 2.44. The van der Waals surface area contributed by atoms with Crippen molar-refractivity contribution < 1.29 is 4.74 Å². The van der Waals surface area contributed by atoms with Gasteiger partial charge in [0, 0.05) is 6.04 Å². The third kappa shape index (κ3) is 4.98. The van der Waals surface area contributed by atoms with Crippen molar-refractivity contribution in [3.05, 3.63) is 0 Å². The van der Waals surface area contributed by atoms with Crippen LogP contribution in [0.25, 0.3) is 0 Å². The van der Waals surface area contributed by atoms with Crippen molar-refractivity contribution in [3.8, 4) is 0 Å². The minimum atomic E-state index is 0.0590. The zero-order valence-corrected chi connectivity index (χ0v) is 10.8. The van der Waals surface area contributed by atoms with Gasteiger partial charge in [0.2, 0.25) is 0 Å². The van der Waals surface area contributed by atoms with Crippen molar-refractivity contribution in [1.29, 1.82) is 0 Å². The molecule has 0 radical (unpaired) electrons. The predicted molar refractivity (Wildman–Crippen MR) is 64.9 cm³/mol. The third-order valence-electron chi connectivity index (χ3n) is 3.09. The van der Waals surface area contributed by atoms with Gasteiger partial charge in [-0.15, -0.1) is 0 Å². The Balaban J connectivity index is 2.15. The molecule has 0 aromatic heterocycles. The zero-order valence-electron chi connectivity index (χ0n) is 10.8. The summed E-state index contributed by atoms with van der Waals surface area (Å²) in [6.07, 6.45) is 6.27. The smallest absolute Gasteiger partial charge is 0.143 e. The van der Waals surface area contributed by atoms with Crippen LogP contribution in [-0.2, 0) is 4.74 Å². The molecule has 90 valence electrons. The summed E-state index contributed by atoms with van der Waals surface area (Å²) in [5, 5.41) is 3.62. The fraction of sp³-hybridized carbons (Fsp3) is 1.00. The Labute approximate surface area is 94.8 Å². The van der Waals surface area contributed by atoms with E-state index in [0.717, 1.165) is 12.5 Å². The Bertz CT molecular complexity index is 175. The molecule has 15 heavy (non-hydrogen) atoms. The van der Waals surface area contributed by atoms with Gasteiger partial charge in [-0.2, -0.15) is 0 Å². The van der Waals surface area contributed by atoms with E-state index in [2.05, 4.69) is 33.0 Å². The summed E-state index contributed by atoms with van der Waals surface area (Å²) in [5.74, 6) is 0.814. The minimum absolute atomic E-state index is 0.0590. The highest BCUT2D eigenvalue weighted by Crippen LogP contribution is 2.31. The lowest BCUT2D eigenvalue weighted by molar-refractivity contribution is 0.212. The summed E-state index contributed by atoms with van der Waals surface area (Å²) >= 11 is 0. The Morgan fingerprint density at radius 2 is 1.93 bits per heavy atom. The molecule has 0 aromatic carbocycles. The van der Waals surface area contributed by atoms with Crippen LogP contribution in [-0.4, -0.2) is 18.4 Å². The molecule has 0 bridgehead atoms. The fourth-order valence-electron chi connectivity index (χ4n) is 2.14. The SMILES string of the molecule is CCCC(C)NC1(CCCC(C)C)CO1. The molecular weight excluding hydrogens is 186 g/mol. The van der Waals surface area contributed by atoms with Gasteiger partial charge in [0.15, 0.2) is 0 Å². The number of hydrogen-bond acceptors (Lipinski definition) is 2. The van der Waals surface area contributed by atoms with Gasteiger partial charge in [0.05, 0.1) is 6.61 Å². The maximum atomic E-state index is 5.58. The van der Waals surface area contributed by atoms with Crippen molar-refractivity contribution >= 4 is 0 Å². The summed E-state index contributed by atoms with van der Waals surface area (Å²) in [6.45, 7) is 9.98. The van der Waals surface area contributed by atoms with E-state index < -0.39 is 0 Å². The van der Waals surface area contributed by atoms with Crippen LogP contribution in [0.2, 0.25) is 0 Å². The molecular formula is C13H27NO. The molecule has 2 heteroatoms. The second-order valence-electron chi connectivity index (χ2n) is 5.40. The van der Waals surface area contributed by atoms with Crippen LogP contribution in [0.5, 0.6) is 0 Å². The molecule has 1 fully saturated rings. The lowest BCUT2D eigenvalue weighted by Crippen LogP contribution is -2.39. The van der Waals surface area contributed by atoms with E-state index in [9.17, 15) is 0 Å². The Morgan fingerprint density at radius 1 is 1.27 bits per heavy atom. The largest absolute Gasteiger partial charge is 0.354 e. The molecule has 0 aliphatic carbocycles. The molecule has 1 rings (SSSR count). The second-order valence-corrected chi connectivity index (χ2v) is 5.40. The Hall–Kier alpha value is -0.0800.